The second kappa shape index (κ2) is 15.0. The van der Waals surface area contributed by atoms with E-state index in [2.05, 4.69) is 16.0 Å². The van der Waals surface area contributed by atoms with Gasteiger partial charge in [-0.1, -0.05) is 12.1 Å². The van der Waals surface area contributed by atoms with Crippen LogP contribution < -0.4 is 27.4 Å². The zero-order chi connectivity index (χ0) is 28.1. The van der Waals surface area contributed by atoms with Gasteiger partial charge in [-0.15, -0.1) is 0 Å². The lowest BCUT2D eigenvalue weighted by Gasteiger charge is -2.24. The van der Waals surface area contributed by atoms with Crippen LogP contribution in [-0.2, 0) is 35.2 Å². The Morgan fingerprint density at radius 1 is 0.784 bits per heavy atom. The number of aromatic hydroxyl groups is 1. The molecule has 0 bridgehead atoms. The smallest absolute Gasteiger partial charge is 0.326 e. The van der Waals surface area contributed by atoms with Crippen molar-refractivity contribution in [1.82, 2.24) is 16.0 Å². The van der Waals surface area contributed by atoms with E-state index in [1.54, 1.807) is 0 Å². The maximum absolute atomic E-state index is 12.7. The van der Waals surface area contributed by atoms with Gasteiger partial charge in [0.25, 0.3) is 0 Å². The Labute approximate surface area is 211 Å². The van der Waals surface area contributed by atoms with Crippen molar-refractivity contribution in [3.05, 3.63) is 29.8 Å². The van der Waals surface area contributed by atoms with Gasteiger partial charge in [0, 0.05) is 19.3 Å². The Balaban J connectivity index is 2.89. The number of benzene rings is 1. The number of nitrogens with one attached hydrogen (secondary N) is 3. The highest BCUT2D eigenvalue weighted by Crippen LogP contribution is 2.11. The molecular weight excluding hydrogens is 494 g/mol. The topological polar surface area (TPSA) is 271 Å². The third-order valence-electron chi connectivity index (χ3n) is 5.12. The van der Waals surface area contributed by atoms with Crippen molar-refractivity contribution in [3.63, 3.8) is 0 Å². The number of hydrogen-bond acceptors (Lipinski definition) is 9. The number of phenolic OH excluding ortho intramolecular Hbond substituents is 1. The molecule has 11 N–H and O–H groups in total. The molecule has 0 aliphatic rings. The molecule has 4 atom stereocenters. The molecule has 0 heterocycles. The number of amides is 4. The number of aliphatic hydroxyl groups excluding tert-OH is 1. The number of aliphatic hydroxyl groups is 1. The van der Waals surface area contributed by atoms with E-state index < -0.39 is 79.2 Å². The minimum atomic E-state index is -1.64. The van der Waals surface area contributed by atoms with Crippen LogP contribution in [0, 0.1) is 0 Å². The van der Waals surface area contributed by atoms with Gasteiger partial charge < -0.3 is 47.8 Å². The first-order chi connectivity index (χ1) is 17.3. The van der Waals surface area contributed by atoms with Crippen LogP contribution >= 0.6 is 0 Å². The Morgan fingerprint density at radius 3 is 1.84 bits per heavy atom. The number of carbonyl (C=O) groups is 6. The van der Waals surface area contributed by atoms with Crippen molar-refractivity contribution in [2.45, 2.75) is 56.3 Å². The molecule has 0 radical (unpaired) electrons. The van der Waals surface area contributed by atoms with Gasteiger partial charge in [-0.05, 0) is 30.5 Å². The third-order valence-corrected chi connectivity index (χ3v) is 5.12. The van der Waals surface area contributed by atoms with Crippen molar-refractivity contribution in [3.8, 4) is 5.75 Å². The van der Waals surface area contributed by atoms with E-state index in [4.69, 9.17) is 16.6 Å². The minimum absolute atomic E-state index is 0.0407. The first-order valence-electron chi connectivity index (χ1n) is 11.1. The molecule has 4 unspecified atom stereocenters. The van der Waals surface area contributed by atoms with Gasteiger partial charge in [0.05, 0.1) is 12.6 Å². The summed E-state index contributed by atoms with van der Waals surface area (Å²) in [5.41, 5.74) is 11.1. The quantitative estimate of drug-likeness (QED) is 0.104. The van der Waals surface area contributed by atoms with Crippen molar-refractivity contribution in [2.75, 3.05) is 6.61 Å². The lowest BCUT2D eigenvalue weighted by molar-refractivity contribution is -0.142. The summed E-state index contributed by atoms with van der Waals surface area (Å²) in [6.45, 7) is -0.944. The SMILES string of the molecule is NC(=O)CCC(N)C(=O)NC(CCC(=O)O)C(=O)NC(CO)C(=O)NC(Cc1ccc(O)cc1)C(=O)O. The van der Waals surface area contributed by atoms with Crippen molar-refractivity contribution in [1.29, 1.82) is 0 Å². The molecule has 1 rings (SSSR count). The fraction of sp³-hybridized carbons (Fsp3) is 0.455. The second-order valence-corrected chi connectivity index (χ2v) is 8.12. The van der Waals surface area contributed by atoms with Gasteiger partial charge in [-0.3, -0.25) is 24.0 Å². The molecule has 0 saturated carbocycles. The molecule has 1 aromatic rings. The highest BCUT2D eigenvalue weighted by molar-refractivity contribution is 5.94. The molecule has 1 aromatic carbocycles. The van der Waals surface area contributed by atoms with E-state index >= 15 is 0 Å². The Bertz CT molecular complexity index is 985. The fourth-order valence-electron chi connectivity index (χ4n) is 3.05. The number of rotatable bonds is 16. The Hall–Kier alpha value is -4.24. The Kier molecular flexibility index (Phi) is 12.5. The maximum atomic E-state index is 12.7. The summed E-state index contributed by atoms with van der Waals surface area (Å²) in [4.78, 5) is 71.1. The Morgan fingerprint density at radius 2 is 1.32 bits per heavy atom. The lowest BCUT2D eigenvalue weighted by Crippen LogP contribution is -2.58. The highest BCUT2D eigenvalue weighted by Gasteiger charge is 2.30. The molecule has 0 saturated heterocycles. The van der Waals surface area contributed by atoms with Crippen LogP contribution in [0.1, 0.15) is 31.2 Å². The average Bonchev–Trinajstić information content (AvgIpc) is 2.83. The van der Waals surface area contributed by atoms with Crippen LogP contribution in [0.4, 0.5) is 0 Å². The number of carbonyl (C=O) groups excluding carboxylic acids is 4. The third kappa shape index (κ3) is 11.4. The van der Waals surface area contributed by atoms with Crippen molar-refractivity contribution >= 4 is 35.6 Å². The van der Waals surface area contributed by atoms with Gasteiger partial charge in [0.15, 0.2) is 0 Å². The molecule has 204 valence electrons. The predicted molar refractivity (Wildman–Crippen MR) is 126 cm³/mol. The summed E-state index contributed by atoms with van der Waals surface area (Å²) in [5.74, 6) is -6.39. The summed E-state index contributed by atoms with van der Waals surface area (Å²) in [7, 11) is 0. The zero-order valence-corrected chi connectivity index (χ0v) is 19.8. The zero-order valence-electron chi connectivity index (χ0n) is 19.8. The number of aliphatic carboxylic acids is 2. The van der Waals surface area contributed by atoms with Gasteiger partial charge >= 0.3 is 11.9 Å². The predicted octanol–water partition coefficient (Wildman–Crippen LogP) is -3.08. The first kappa shape index (κ1) is 30.8. The molecule has 0 aliphatic carbocycles. The first-order valence-corrected chi connectivity index (χ1v) is 11.1. The number of phenols is 1. The monoisotopic (exact) mass is 525 g/mol. The standard InChI is InChI=1S/C22H31N5O10/c23-13(5-7-17(24)30)19(33)25-14(6-8-18(31)32)20(34)27-16(10-28)21(35)26-15(22(36)37)9-11-1-3-12(29)4-2-11/h1-4,13-16,28-29H,5-10,23H2,(H2,24,30)(H,25,33)(H,26,35)(H,27,34)(H,31,32)(H,36,37). The molecular formula is C22H31N5O10. The highest BCUT2D eigenvalue weighted by atomic mass is 16.4. The van der Waals surface area contributed by atoms with Crippen LogP contribution in [0.15, 0.2) is 24.3 Å². The molecule has 0 aromatic heterocycles. The number of carboxylic acid groups (broad SMARTS) is 2. The number of carboxylic acids is 2. The summed E-state index contributed by atoms with van der Waals surface area (Å²) >= 11 is 0. The van der Waals surface area contributed by atoms with E-state index in [1.807, 2.05) is 0 Å². The molecule has 4 amide bonds. The van der Waals surface area contributed by atoms with E-state index in [9.17, 15) is 44.1 Å². The van der Waals surface area contributed by atoms with Crippen LogP contribution in [0.25, 0.3) is 0 Å². The van der Waals surface area contributed by atoms with Gasteiger partial charge in [0.1, 0.15) is 23.9 Å². The minimum Gasteiger partial charge on any atom is -0.508 e. The number of hydrogen-bond donors (Lipinski definition) is 9. The van der Waals surface area contributed by atoms with E-state index in [-0.39, 0.29) is 25.0 Å². The molecule has 0 aliphatic heterocycles. The molecule has 0 fully saturated rings. The lowest BCUT2D eigenvalue weighted by atomic mass is 10.0. The van der Waals surface area contributed by atoms with Crippen LogP contribution in [0.2, 0.25) is 0 Å². The molecule has 15 nitrogen and oxygen atoms in total. The number of primary amides is 1. The van der Waals surface area contributed by atoms with Gasteiger partial charge in [0.2, 0.25) is 23.6 Å². The number of nitrogens with two attached hydrogens (primary N) is 2. The molecule has 0 spiro atoms. The van der Waals surface area contributed by atoms with Crippen LogP contribution in [-0.4, -0.2) is 86.8 Å². The molecule has 15 heteroatoms. The van der Waals surface area contributed by atoms with E-state index in [0.29, 0.717) is 5.56 Å². The second-order valence-electron chi connectivity index (χ2n) is 8.12. The van der Waals surface area contributed by atoms with Crippen LogP contribution in [0.5, 0.6) is 5.75 Å². The van der Waals surface area contributed by atoms with Crippen molar-refractivity contribution in [2.24, 2.45) is 11.5 Å². The largest absolute Gasteiger partial charge is 0.508 e. The average molecular weight is 526 g/mol. The van der Waals surface area contributed by atoms with Gasteiger partial charge in [-0.25, -0.2) is 4.79 Å². The molecule has 37 heavy (non-hydrogen) atoms. The summed E-state index contributed by atoms with van der Waals surface area (Å²) in [6, 6.07) is -0.232. The maximum Gasteiger partial charge on any atom is 0.326 e. The summed E-state index contributed by atoms with van der Waals surface area (Å²) in [5, 5.41) is 43.9. The van der Waals surface area contributed by atoms with E-state index in [0.717, 1.165) is 0 Å². The normalized spacial score (nSPS) is 13.9. The van der Waals surface area contributed by atoms with Gasteiger partial charge in [-0.2, -0.15) is 0 Å². The summed E-state index contributed by atoms with van der Waals surface area (Å²) < 4.78 is 0. The van der Waals surface area contributed by atoms with Crippen LogP contribution in [0.3, 0.4) is 0 Å². The van der Waals surface area contributed by atoms with E-state index in [1.165, 1.54) is 24.3 Å². The summed E-state index contributed by atoms with van der Waals surface area (Å²) in [6.07, 6.45) is -1.45. The fourth-order valence-corrected chi connectivity index (χ4v) is 3.05. The van der Waals surface area contributed by atoms with Crippen molar-refractivity contribution < 1.29 is 49.2 Å².